The molecule has 1 fully saturated rings. The quantitative estimate of drug-likeness (QED) is 0.857. The van der Waals surface area contributed by atoms with E-state index in [2.05, 4.69) is 28.0 Å². The average Bonchev–Trinajstić information content (AvgIpc) is 3.08. The van der Waals surface area contributed by atoms with Gasteiger partial charge in [0.05, 0.1) is 18.9 Å². The first-order valence-electron chi connectivity index (χ1n) is 10.5. The molecule has 3 aliphatic rings. The number of rotatable bonds is 3. The van der Waals surface area contributed by atoms with Crippen LogP contribution in [0.25, 0.3) is 0 Å². The Labute approximate surface area is 172 Å². The Bertz CT molecular complexity index is 925. The van der Waals surface area contributed by atoms with Crippen molar-refractivity contribution in [1.29, 1.82) is 0 Å². The monoisotopic (exact) mass is 392 g/mol. The van der Waals surface area contributed by atoms with Gasteiger partial charge in [0.1, 0.15) is 5.82 Å². The largest absolute Gasteiger partial charge is 0.381 e. The molecule has 1 N–H and O–H groups in total. The number of amides is 1. The molecule has 1 atom stereocenters. The summed E-state index contributed by atoms with van der Waals surface area (Å²) in [6, 6.07) is 2.41. The molecule has 152 valence electrons. The molecule has 0 aliphatic carbocycles. The summed E-state index contributed by atoms with van der Waals surface area (Å²) in [5, 5.41) is 3.06. The van der Waals surface area contributed by atoms with Crippen LogP contribution in [0.2, 0.25) is 0 Å². The Hall–Kier alpha value is -2.69. The van der Waals surface area contributed by atoms with Gasteiger partial charge < -0.3 is 15.0 Å². The Morgan fingerprint density at radius 1 is 1.31 bits per heavy atom. The van der Waals surface area contributed by atoms with Gasteiger partial charge in [0.2, 0.25) is 0 Å². The molecule has 6 heteroatoms. The van der Waals surface area contributed by atoms with Crippen molar-refractivity contribution in [2.75, 3.05) is 24.7 Å². The Morgan fingerprint density at radius 3 is 3.03 bits per heavy atom. The van der Waals surface area contributed by atoms with E-state index in [1.54, 1.807) is 12.3 Å². The minimum atomic E-state index is -0.112. The predicted octanol–water partition coefficient (Wildman–Crippen LogP) is 3.33. The van der Waals surface area contributed by atoms with Crippen molar-refractivity contribution in [3.05, 3.63) is 52.5 Å². The molecule has 0 unspecified atom stereocenters. The first-order valence-corrected chi connectivity index (χ1v) is 10.5. The summed E-state index contributed by atoms with van der Waals surface area (Å²) in [5.74, 6) is 3.72. The summed E-state index contributed by atoms with van der Waals surface area (Å²) >= 11 is 0. The van der Waals surface area contributed by atoms with Crippen molar-refractivity contribution in [3.8, 4) is 0 Å². The first-order chi connectivity index (χ1) is 14.1. The van der Waals surface area contributed by atoms with Gasteiger partial charge in [0, 0.05) is 42.0 Å². The van der Waals surface area contributed by atoms with E-state index < -0.39 is 0 Å². The van der Waals surface area contributed by atoms with E-state index in [9.17, 15) is 4.79 Å². The van der Waals surface area contributed by atoms with Crippen molar-refractivity contribution in [3.63, 3.8) is 0 Å². The number of nitrogens with zero attached hydrogens (tertiary/aromatic N) is 3. The van der Waals surface area contributed by atoms with Gasteiger partial charge >= 0.3 is 0 Å². The average molecular weight is 393 g/mol. The number of aromatic nitrogens is 1. The number of hydrogen-bond acceptors (Lipinski definition) is 5. The van der Waals surface area contributed by atoms with Crippen molar-refractivity contribution in [2.45, 2.75) is 52.0 Å². The van der Waals surface area contributed by atoms with Crippen LogP contribution in [0.5, 0.6) is 0 Å². The number of anilines is 1. The number of piperidine rings is 1. The maximum Gasteiger partial charge on any atom is 0.256 e. The Balaban J connectivity index is 1.71. The number of ether oxygens (including phenoxy) is 1. The molecule has 0 spiro atoms. The third kappa shape index (κ3) is 4.34. The molecule has 1 saturated heterocycles. The van der Waals surface area contributed by atoms with Gasteiger partial charge in [-0.1, -0.05) is 0 Å². The van der Waals surface area contributed by atoms with Crippen LogP contribution in [-0.2, 0) is 17.6 Å². The Morgan fingerprint density at radius 2 is 2.17 bits per heavy atom. The number of pyridine rings is 1. The van der Waals surface area contributed by atoms with Crippen molar-refractivity contribution in [2.24, 2.45) is 4.99 Å². The minimum Gasteiger partial charge on any atom is -0.381 e. The molecule has 0 radical (unpaired) electrons. The van der Waals surface area contributed by atoms with Gasteiger partial charge in [-0.15, -0.1) is 0 Å². The van der Waals surface area contributed by atoms with E-state index in [0.29, 0.717) is 31.2 Å². The van der Waals surface area contributed by atoms with E-state index in [0.717, 1.165) is 54.2 Å². The highest BCUT2D eigenvalue weighted by molar-refractivity contribution is 5.98. The molecule has 1 aromatic rings. The van der Waals surface area contributed by atoms with Gasteiger partial charge in [-0.2, -0.15) is 0 Å². The molecular weight excluding hydrogens is 364 g/mol. The van der Waals surface area contributed by atoms with E-state index in [4.69, 9.17) is 9.72 Å². The van der Waals surface area contributed by atoms with Crippen LogP contribution in [0, 0.1) is 0 Å². The molecule has 0 bridgehead atoms. The third-order valence-corrected chi connectivity index (χ3v) is 5.83. The molecule has 1 amide bonds. The number of hydrogen-bond donors (Lipinski definition) is 1. The predicted molar refractivity (Wildman–Crippen MR) is 114 cm³/mol. The zero-order chi connectivity index (χ0) is 20.2. The highest BCUT2D eigenvalue weighted by atomic mass is 16.5. The minimum absolute atomic E-state index is 0.112. The van der Waals surface area contributed by atoms with Crippen LogP contribution >= 0.6 is 0 Å². The first kappa shape index (κ1) is 19.6. The van der Waals surface area contributed by atoms with Crippen LogP contribution in [0.3, 0.4) is 0 Å². The highest BCUT2D eigenvalue weighted by Gasteiger charge is 2.25. The van der Waals surface area contributed by atoms with Crippen LogP contribution in [-0.4, -0.2) is 42.6 Å². The lowest BCUT2D eigenvalue weighted by molar-refractivity contribution is 0.0965. The van der Waals surface area contributed by atoms with Gasteiger partial charge in [0.15, 0.2) is 0 Å². The maximum atomic E-state index is 13.3. The molecule has 4 rings (SSSR count). The summed E-state index contributed by atoms with van der Waals surface area (Å²) in [6.07, 6.45) is 10.3. The second-order valence-corrected chi connectivity index (χ2v) is 7.85. The fourth-order valence-electron chi connectivity index (χ4n) is 4.16. The zero-order valence-electron chi connectivity index (χ0n) is 17.2. The van der Waals surface area contributed by atoms with Crippen molar-refractivity contribution < 1.29 is 9.53 Å². The SMILES string of the molecule is CC1=C=NC=CC=C1NC(=O)c1cc(N2CCCC[C@@H]2C)nc2c1CCOCC2. The molecule has 6 nitrogen and oxygen atoms in total. The van der Waals surface area contributed by atoms with E-state index >= 15 is 0 Å². The topological polar surface area (TPSA) is 66.8 Å². The molecular formula is C23H28N4O2. The van der Waals surface area contributed by atoms with Crippen LogP contribution in [0.1, 0.15) is 54.7 Å². The van der Waals surface area contributed by atoms with Gasteiger partial charge in [-0.05, 0) is 69.2 Å². The lowest BCUT2D eigenvalue weighted by Crippen LogP contribution is -2.38. The lowest BCUT2D eigenvalue weighted by atomic mass is 9.99. The van der Waals surface area contributed by atoms with E-state index in [1.165, 1.54) is 6.42 Å². The normalized spacial score (nSPS) is 21.6. The zero-order valence-corrected chi connectivity index (χ0v) is 17.2. The van der Waals surface area contributed by atoms with E-state index in [-0.39, 0.29) is 5.91 Å². The number of carbonyl (C=O) groups is 1. The number of fused-ring (bicyclic) bond motifs is 1. The molecule has 3 aliphatic heterocycles. The second-order valence-electron chi connectivity index (χ2n) is 7.85. The fourth-order valence-corrected chi connectivity index (χ4v) is 4.16. The summed E-state index contributed by atoms with van der Waals surface area (Å²) < 4.78 is 5.67. The summed E-state index contributed by atoms with van der Waals surface area (Å²) in [7, 11) is 0. The second kappa shape index (κ2) is 8.76. The standard InChI is InChI=1S/C23H28N4O2/c1-16-15-24-10-5-7-20(16)26-23(28)19-14-22(27-11-4-3-6-17(27)2)25-21-9-13-29-12-8-18(19)21/h5,7,10,14,17H,3-4,6,8-9,11-13H2,1-2H3,(H,26,28)/t17-/m0/s1. The number of carbonyl (C=O) groups excluding carboxylic acids is 1. The van der Waals surface area contributed by atoms with Crippen molar-refractivity contribution >= 4 is 17.6 Å². The molecule has 0 aromatic carbocycles. The highest BCUT2D eigenvalue weighted by Crippen LogP contribution is 2.28. The third-order valence-electron chi connectivity index (χ3n) is 5.83. The Kier molecular flexibility index (Phi) is 5.93. The molecule has 1 aromatic heterocycles. The van der Waals surface area contributed by atoms with Crippen molar-refractivity contribution in [1.82, 2.24) is 10.3 Å². The number of allylic oxidation sites excluding steroid dienone is 3. The van der Waals surface area contributed by atoms with Crippen LogP contribution < -0.4 is 10.2 Å². The van der Waals surface area contributed by atoms with E-state index in [1.807, 2.05) is 19.1 Å². The number of nitrogens with one attached hydrogen (secondary N) is 1. The van der Waals surface area contributed by atoms with Crippen LogP contribution in [0.15, 0.2) is 40.7 Å². The van der Waals surface area contributed by atoms with Gasteiger partial charge in [-0.25, -0.2) is 9.98 Å². The molecule has 4 heterocycles. The molecule has 0 saturated carbocycles. The summed E-state index contributed by atoms with van der Waals surface area (Å²) in [6.45, 7) is 6.38. The summed E-state index contributed by atoms with van der Waals surface area (Å²) in [4.78, 5) is 24.7. The lowest BCUT2D eigenvalue weighted by Gasteiger charge is -2.35. The van der Waals surface area contributed by atoms with Gasteiger partial charge in [-0.3, -0.25) is 4.79 Å². The fraction of sp³-hybridized carbons (Fsp3) is 0.478. The van der Waals surface area contributed by atoms with Gasteiger partial charge in [0.25, 0.3) is 5.91 Å². The maximum absolute atomic E-state index is 13.3. The summed E-state index contributed by atoms with van der Waals surface area (Å²) in [5.41, 5.74) is 4.22. The smallest absolute Gasteiger partial charge is 0.256 e. The van der Waals surface area contributed by atoms with Crippen LogP contribution in [0.4, 0.5) is 5.82 Å². The molecule has 29 heavy (non-hydrogen) atoms. The number of aliphatic imine (C=N–C) groups is 1.